The second-order valence-electron chi connectivity index (χ2n) is 13.5. The molecule has 2 nitrogen and oxygen atoms in total. The first-order chi connectivity index (χ1) is 25.7. The first-order valence-corrected chi connectivity index (χ1v) is 18.0. The molecule has 0 amide bonds. The van der Waals surface area contributed by atoms with Gasteiger partial charge in [-0.2, -0.15) is 0 Å². The fourth-order valence-electron chi connectivity index (χ4n) is 8.24. The van der Waals surface area contributed by atoms with E-state index in [1.165, 1.54) is 43.8 Å². The van der Waals surface area contributed by atoms with Crippen LogP contribution in [0, 0.1) is 0 Å². The van der Waals surface area contributed by atoms with Crippen molar-refractivity contribution >= 4 is 21.5 Å². The molecule has 2 heteroatoms. The fraction of sp³-hybridized carbons (Fsp3) is 0.120. The van der Waals surface area contributed by atoms with Crippen LogP contribution < -0.4 is 0 Å². The Labute approximate surface area is 306 Å². The van der Waals surface area contributed by atoms with E-state index in [1.807, 2.05) is 14.2 Å². The molecule has 0 heterocycles. The topological polar surface area (TPSA) is 18.5 Å². The van der Waals surface area contributed by atoms with E-state index in [9.17, 15) is 0 Å². The number of hydrogen-bond acceptors (Lipinski definition) is 2. The predicted molar refractivity (Wildman–Crippen MR) is 216 cm³/mol. The van der Waals surface area contributed by atoms with Crippen LogP contribution in [0.3, 0.4) is 0 Å². The van der Waals surface area contributed by atoms with Crippen molar-refractivity contribution in [3.63, 3.8) is 0 Å². The molecule has 0 aliphatic heterocycles. The summed E-state index contributed by atoms with van der Waals surface area (Å²) in [6.07, 6.45) is 1.26. The monoisotopic (exact) mass is 674 g/mol. The molecule has 0 fully saturated rings. The third kappa shape index (κ3) is 5.90. The average molecular weight is 675 g/mol. The summed E-state index contributed by atoms with van der Waals surface area (Å²) in [5.74, 6) is 0. The van der Waals surface area contributed by atoms with Crippen LogP contribution >= 0.6 is 0 Å². The lowest BCUT2D eigenvalue weighted by Gasteiger charge is -2.36. The molecule has 0 spiro atoms. The molecule has 0 aliphatic carbocycles. The summed E-state index contributed by atoms with van der Waals surface area (Å²) in [5, 5.41) is 4.83. The summed E-state index contributed by atoms with van der Waals surface area (Å²) in [6, 6.07) is 69.4. The van der Waals surface area contributed by atoms with E-state index < -0.39 is 11.2 Å². The van der Waals surface area contributed by atoms with Crippen molar-refractivity contribution in [2.45, 2.75) is 24.0 Å². The number of hydrogen-bond donors (Lipinski definition) is 0. The van der Waals surface area contributed by atoms with Gasteiger partial charge in [0, 0.05) is 27.1 Å². The number of methoxy groups -OCH3 is 2. The van der Waals surface area contributed by atoms with E-state index in [-0.39, 0.29) is 0 Å². The maximum absolute atomic E-state index is 6.73. The van der Waals surface area contributed by atoms with E-state index in [1.54, 1.807) is 0 Å². The summed E-state index contributed by atoms with van der Waals surface area (Å²) in [7, 11) is 3.69. The van der Waals surface area contributed by atoms with Gasteiger partial charge in [-0.05, 0) is 66.1 Å². The van der Waals surface area contributed by atoms with E-state index in [2.05, 4.69) is 194 Å². The Hall–Kier alpha value is -5.80. The number of rotatable bonds is 11. The van der Waals surface area contributed by atoms with Gasteiger partial charge in [0.25, 0.3) is 0 Å². The van der Waals surface area contributed by atoms with Crippen LogP contribution in [0.2, 0.25) is 0 Å². The number of ether oxygens (including phenoxy) is 2. The molecule has 0 saturated heterocycles. The zero-order valence-corrected chi connectivity index (χ0v) is 29.7. The lowest BCUT2D eigenvalue weighted by Crippen LogP contribution is -2.33. The van der Waals surface area contributed by atoms with Gasteiger partial charge in [0.05, 0.1) is 0 Å². The fourth-order valence-corrected chi connectivity index (χ4v) is 8.24. The van der Waals surface area contributed by atoms with Crippen molar-refractivity contribution in [1.29, 1.82) is 0 Å². The van der Waals surface area contributed by atoms with Gasteiger partial charge >= 0.3 is 0 Å². The quantitative estimate of drug-likeness (QED) is 0.136. The van der Waals surface area contributed by atoms with Gasteiger partial charge in [0.1, 0.15) is 11.2 Å². The maximum Gasteiger partial charge on any atom is 0.122 e. The van der Waals surface area contributed by atoms with Crippen molar-refractivity contribution in [1.82, 2.24) is 0 Å². The highest BCUT2D eigenvalue weighted by atomic mass is 16.5. The van der Waals surface area contributed by atoms with Crippen molar-refractivity contribution in [2.75, 3.05) is 14.2 Å². The van der Waals surface area contributed by atoms with E-state index in [4.69, 9.17) is 9.47 Å². The highest BCUT2D eigenvalue weighted by Crippen LogP contribution is 2.46. The summed E-state index contributed by atoms with van der Waals surface area (Å²) in [5.41, 5.74) is 7.90. The van der Waals surface area contributed by atoms with Gasteiger partial charge in [-0.1, -0.05) is 194 Å². The van der Waals surface area contributed by atoms with Crippen LogP contribution in [0.1, 0.15) is 33.4 Å². The van der Waals surface area contributed by atoms with Gasteiger partial charge in [-0.3, -0.25) is 0 Å². The molecular weight excluding hydrogens is 633 g/mol. The zero-order chi connectivity index (χ0) is 35.4. The largest absolute Gasteiger partial charge is 0.368 e. The second kappa shape index (κ2) is 14.4. The van der Waals surface area contributed by atoms with Crippen molar-refractivity contribution in [3.8, 4) is 11.1 Å². The van der Waals surface area contributed by atoms with Gasteiger partial charge in [-0.25, -0.2) is 0 Å². The molecule has 0 radical (unpaired) electrons. The summed E-state index contributed by atoms with van der Waals surface area (Å²) in [4.78, 5) is 0. The molecule has 8 rings (SSSR count). The van der Waals surface area contributed by atoms with E-state index in [0.717, 1.165) is 22.3 Å². The Morgan fingerprint density at radius 1 is 0.327 bits per heavy atom. The standard InChI is InChI=1S/C50H42O2/c1-51-49(41-21-7-3-8-22-41,42-23-9-4-10-24-42)35-39-33-31-37-19-15-17-29-45(37)47(39)48-40(34-32-38-20-16-18-30-46(38)48)36-50(52-2,43-25-11-5-12-26-43)44-27-13-6-14-28-44/h3-34H,35-36H2,1-2H3. The van der Waals surface area contributed by atoms with Crippen LogP contribution in [0.15, 0.2) is 194 Å². The van der Waals surface area contributed by atoms with Crippen LogP contribution in [-0.2, 0) is 33.5 Å². The molecule has 8 aromatic carbocycles. The van der Waals surface area contributed by atoms with Crippen LogP contribution in [0.4, 0.5) is 0 Å². The van der Waals surface area contributed by atoms with Crippen molar-refractivity contribution < 1.29 is 9.47 Å². The number of fused-ring (bicyclic) bond motifs is 2. The van der Waals surface area contributed by atoms with Gasteiger partial charge in [0.15, 0.2) is 0 Å². The third-order valence-electron chi connectivity index (χ3n) is 10.8. The van der Waals surface area contributed by atoms with Crippen LogP contribution in [0.5, 0.6) is 0 Å². The minimum Gasteiger partial charge on any atom is -0.368 e. The average Bonchev–Trinajstić information content (AvgIpc) is 3.23. The minimum absolute atomic E-state index is 0.632. The molecular formula is C50H42O2. The molecule has 0 saturated carbocycles. The molecule has 0 bridgehead atoms. The maximum atomic E-state index is 6.73. The van der Waals surface area contributed by atoms with Gasteiger partial charge in [-0.15, -0.1) is 0 Å². The van der Waals surface area contributed by atoms with Crippen LogP contribution in [0.25, 0.3) is 32.7 Å². The first-order valence-electron chi connectivity index (χ1n) is 18.0. The SMILES string of the molecule is COC(Cc1ccc2ccccc2c1-c1c(CC(OC)(c2ccccc2)c2ccccc2)ccc2ccccc12)(c1ccccc1)c1ccccc1. The minimum atomic E-state index is -0.727. The highest BCUT2D eigenvalue weighted by Gasteiger charge is 2.38. The first kappa shape index (κ1) is 33.3. The molecule has 0 aromatic heterocycles. The van der Waals surface area contributed by atoms with E-state index >= 15 is 0 Å². The Morgan fingerprint density at radius 2 is 0.615 bits per heavy atom. The van der Waals surface area contributed by atoms with E-state index in [0.29, 0.717) is 12.8 Å². The highest BCUT2D eigenvalue weighted by molar-refractivity contribution is 6.08. The molecule has 0 aliphatic rings. The summed E-state index contributed by atoms with van der Waals surface area (Å²) < 4.78 is 13.5. The molecule has 0 atom stereocenters. The normalized spacial score (nSPS) is 12.0. The Bertz CT molecular complexity index is 2170. The molecule has 8 aromatic rings. The third-order valence-corrected chi connectivity index (χ3v) is 10.8. The Morgan fingerprint density at radius 3 is 0.923 bits per heavy atom. The smallest absolute Gasteiger partial charge is 0.122 e. The molecule has 0 N–H and O–H groups in total. The lowest BCUT2D eigenvalue weighted by molar-refractivity contribution is 0.0219. The van der Waals surface area contributed by atoms with Crippen molar-refractivity contribution in [2.24, 2.45) is 0 Å². The second-order valence-corrected chi connectivity index (χ2v) is 13.5. The van der Waals surface area contributed by atoms with Gasteiger partial charge in [0.2, 0.25) is 0 Å². The molecule has 0 unspecified atom stereocenters. The predicted octanol–water partition coefficient (Wildman–Crippen LogP) is 11.9. The lowest BCUT2D eigenvalue weighted by atomic mass is 9.75. The zero-order valence-electron chi connectivity index (χ0n) is 29.7. The Balaban J connectivity index is 1.43. The van der Waals surface area contributed by atoms with Gasteiger partial charge < -0.3 is 9.47 Å². The molecule has 254 valence electrons. The molecule has 52 heavy (non-hydrogen) atoms. The number of benzene rings is 8. The summed E-state index contributed by atoms with van der Waals surface area (Å²) in [6.45, 7) is 0. The van der Waals surface area contributed by atoms with Crippen LogP contribution in [-0.4, -0.2) is 14.2 Å². The summed E-state index contributed by atoms with van der Waals surface area (Å²) >= 11 is 0. The van der Waals surface area contributed by atoms with Crippen molar-refractivity contribution in [3.05, 3.63) is 228 Å². The Kier molecular flexibility index (Phi) is 9.26.